The number of allylic oxidation sites excluding steroid dienone is 1. The summed E-state index contributed by atoms with van der Waals surface area (Å²) in [5, 5.41) is 2.58. The van der Waals surface area contributed by atoms with Crippen LogP contribution in [0.15, 0.2) is 109 Å². The summed E-state index contributed by atoms with van der Waals surface area (Å²) >= 11 is 1.85. The van der Waals surface area contributed by atoms with Gasteiger partial charge < -0.3 is 0 Å². The lowest BCUT2D eigenvalue weighted by Gasteiger charge is -2.31. The molecule has 3 aromatic heterocycles. The Hall–Kier alpha value is -4.35. The van der Waals surface area contributed by atoms with E-state index in [0.29, 0.717) is 0 Å². The van der Waals surface area contributed by atoms with Gasteiger partial charge in [0.25, 0.3) is 0 Å². The maximum absolute atomic E-state index is 5.32. The normalized spacial score (nSPS) is 17.8. The Morgan fingerprint density at radius 2 is 1.67 bits per heavy atom. The largest absolute Gasteiger partial charge is 0.295 e. The Bertz CT molecular complexity index is 1860. The topological polar surface area (TPSA) is 43.1 Å². The molecule has 2 unspecified atom stereocenters. The molecule has 4 heterocycles. The van der Waals surface area contributed by atoms with Gasteiger partial charge >= 0.3 is 0 Å². The number of thiophene rings is 1. The molecule has 5 heteroatoms. The quantitative estimate of drug-likeness (QED) is 0.254. The number of imidazole rings is 1. The third kappa shape index (κ3) is 2.77. The fourth-order valence-corrected chi connectivity index (χ4v) is 6.84. The molecule has 0 fully saturated rings. The van der Waals surface area contributed by atoms with Crippen LogP contribution in [0.1, 0.15) is 23.1 Å². The maximum atomic E-state index is 5.32. The second-order valence-corrected chi connectivity index (χ2v) is 10.4. The van der Waals surface area contributed by atoms with Crippen molar-refractivity contribution in [2.45, 2.75) is 11.8 Å². The molecule has 0 saturated heterocycles. The second kappa shape index (κ2) is 7.57. The van der Waals surface area contributed by atoms with Crippen LogP contribution in [0.3, 0.4) is 0 Å². The van der Waals surface area contributed by atoms with Crippen molar-refractivity contribution in [1.29, 1.82) is 0 Å². The lowest BCUT2D eigenvalue weighted by atomic mass is 9.76. The molecule has 36 heavy (non-hydrogen) atoms. The van der Waals surface area contributed by atoms with Gasteiger partial charge in [-0.15, -0.1) is 11.3 Å². The van der Waals surface area contributed by atoms with Crippen LogP contribution in [0.25, 0.3) is 48.5 Å². The lowest BCUT2D eigenvalue weighted by molar-refractivity contribution is 0.714. The first-order chi connectivity index (χ1) is 17.9. The van der Waals surface area contributed by atoms with Crippen LogP contribution in [0.2, 0.25) is 0 Å². The van der Waals surface area contributed by atoms with Crippen molar-refractivity contribution in [1.82, 2.24) is 14.5 Å². The van der Waals surface area contributed by atoms with Gasteiger partial charge in [0.1, 0.15) is 5.82 Å². The zero-order valence-electron chi connectivity index (χ0n) is 19.2. The van der Waals surface area contributed by atoms with Crippen molar-refractivity contribution >= 4 is 37.7 Å². The first-order valence-corrected chi connectivity index (χ1v) is 12.9. The molecule has 1 aliphatic carbocycles. The predicted molar refractivity (Wildman–Crippen MR) is 148 cm³/mol. The van der Waals surface area contributed by atoms with E-state index >= 15 is 0 Å². The van der Waals surface area contributed by atoms with Crippen molar-refractivity contribution in [3.05, 3.63) is 115 Å². The third-order valence-corrected chi connectivity index (χ3v) is 8.51. The van der Waals surface area contributed by atoms with Gasteiger partial charge in [-0.3, -0.25) is 14.5 Å². The SMILES string of the molecule is C1=CC2c3c(nc(-c4ccccc4)n3-c3ccc4sc5ccccc5c4c3)-c3ccncc3C2C=N1. The number of benzene rings is 3. The molecular weight excluding hydrogens is 460 g/mol. The standard InChI is InChI=1S/C31H20N4S/c1-2-6-19(7-3-1)31-34-29-22-12-14-32-17-25(22)26-18-33-15-13-23(26)30(29)35(31)20-10-11-28-24(16-20)21-8-4-5-9-27(21)36-28/h1-18,23,26H. The molecule has 3 aromatic carbocycles. The first kappa shape index (κ1) is 19.9. The number of hydrogen-bond donors (Lipinski definition) is 0. The molecule has 0 spiro atoms. The minimum Gasteiger partial charge on any atom is -0.295 e. The highest BCUT2D eigenvalue weighted by Crippen LogP contribution is 2.49. The Morgan fingerprint density at radius 1 is 0.806 bits per heavy atom. The van der Waals surface area contributed by atoms with E-state index in [1.54, 1.807) is 0 Å². The number of nitrogens with zero attached hydrogens (tertiary/aromatic N) is 4. The van der Waals surface area contributed by atoms with Crippen LogP contribution in [-0.2, 0) is 0 Å². The van der Waals surface area contributed by atoms with Crippen LogP contribution in [-0.4, -0.2) is 20.7 Å². The minimum atomic E-state index is 0.133. The van der Waals surface area contributed by atoms with Crippen molar-refractivity contribution < 1.29 is 0 Å². The molecule has 1 aliphatic heterocycles. The van der Waals surface area contributed by atoms with Crippen LogP contribution < -0.4 is 0 Å². The Balaban J connectivity index is 1.48. The summed E-state index contributed by atoms with van der Waals surface area (Å²) in [6.45, 7) is 0. The van der Waals surface area contributed by atoms with Crippen LogP contribution in [0, 0.1) is 0 Å². The summed E-state index contributed by atoms with van der Waals surface area (Å²) < 4.78 is 4.99. The first-order valence-electron chi connectivity index (χ1n) is 12.1. The van der Waals surface area contributed by atoms with E-state index in [0.717, 1.165) is 28.3 Å². The number of aliphatic imine (C=N–C) groups is 1. The van der Waals surface area contributed by atoms with Gasteiger partial charge in [0, 0.05) is 73.6 Å². The Morgan fingerprint density at radius 3 is 2.61 bits per heavy atom. The summed E-state index contributed by atoms with van der Waals surface area (Å²) in [5.74, 6) is 1.23. The van der Waals surface area contributed by atoms with E-state index in [2.05, 4.69) is 106 Å². The molecule has 8 rings (SSSR count). The Kier molecular flexibility index (Phi) is 4.19. The molecule has 2 atom stereocenters. The fraction of sp³-hybridized carbons (Fsp3) is 0.0645. The maximum Gasteiger partial charge on any atom is 0.145 e. The van der Waals surface area contributed by atoms with Crippen molar-refractivity contribution in [2.24, 2.45) is 4.99 Å². The van der Waals surface area contributed by atoms with Crippen LogP contribution in [0.5, 0.6) is 0 Å². The van der Waals surface area contributed by atoms with Crippen LogP contribution >= 0.6 is 11.3 Å². The minimum absolute atomic E-state index is 0.133. The highest BCUT2D eigenvalue weighted by atomic mass is 32.1. The van der Waals surface area contributed by atoms with Crippen LogP contribution in [0.4, 0.5) is 0 Å². The van der Waals surface area contributed by atoms with Gasteiger partial charge in [0.2, 0.25) is 0 Å². The molecule has 0 bridgehead atoms. The number of pyridine rings is 1. The summed E-state index contributed by atoms with van der Waals surface area (Å²) in [6.07, 6.45) is 10.0. The van der Waals surface area contributed by atoms with E-state index in [4.69, 9.17) is 4.98 Å². The fourth-order valence-electron chi connectivity index (χ4n) is 5.75. The molecule has 0 N–H and O–H groups in total. The summed E-state index contributed by atoms with van der Waals surface area (Å²) in [6, 6.07) is 28.1. The molecule has 6 aromatic rings. The average Bonchev–Trinajstić information content (AvgIpc) is 3.53. The van der Waals surface area contributed by atoms with E-state index in [1.807, 2.05) is 29.9 Å². The van der Waals surface area contributed by atoms with Gasteiger partial charge in [0.15, 0.2) is 0 Å². The summed E-state index contributed by atoms with van der Waals surface area (Å²) in [4.78, 5) is 14.3. The number of fused-ring (bicyclic) bond motifs is 9. The van der Waals surface area contributed by atoms with E-state index in [-0.39, 0.29) is 11.8 Å². The number of hydrogen-bond acceptors (Lipinski definition) is 4. The predicted octanol–water partition coefficient (Wildman–Crippen LogP) is 7.75. The van der Waals surface area contributed by atoms with Gasteiger partial charge in [-0.1, -0.05) is 54.6 Å². The Labute approximate surface area is 211 Å². The summed E-state index contributed by atoms with van der Waals surface area (Å²) in [5.41, 5.74) is 6.79. The zero-order valence-corrected chi connectivity index (χ0v) is 20.1. The molecule has 0 saturated carbocycles. The molecule has 0 amide bonds. The van der Waals surface area contributed by atoms with E-state index in [9.17, 15) is 0 Å². The van der Waals surface area contributed by atoms with Crippen molar-refractivity contribution in [2.75, 3.05) is 0 Å². The highest BCUT2D eigenvalue weighted by molar-refractivity contribution is 7.25. The second-order valence-electron chi connectivity index (χ2n) is 9.30. The van der Waals surface area contributed by atoms with E-state index in [1.165, 1.54) is 31.4 Å². The third-order valence-electron chi connectivity index (χ3n) is 7.36. The highest BCUT2D eigenvalue weighted by Gasteiger charge is 2.38. The molecule has 170 valence electrons. The molecule has 4 nitrogen and oxygen atoms in total. The van der Waals surface area contributed by atoms with Gasteiger partial charge in [-0.25, -0.2) is 4.98 Å². The molecular formula is C31H20N4S. The van der Waals surface area contributed by atoms with Crippen molar-refractivity contribution in [3.63, 3.8) is 0 Å². The zero-order chi connectivity index (χ0) is 23.6. The monoisotopic (exact) mass is 480 g/mol. The molecule has 0 radical (unpaired) electrons. The number of rotatable bonds is 2. The van der Waals surface area contributed by atoms with Gasteiger partial charge in [0.05, 0.1) is 11.4 Å². The van der Waals surface area contributed by atoms with E-state index < -0.39 is 0 Å². The average molecular weight is 481 g/mol. The molecule has 2 aliphatic rings. The smallest absolute Gasteiger partial charge is 0.145 e. The number of aromatic nitrogens is 3. The van der Waals surface area contributed by atoms with Crippen molar-refractivity contribution in [3.8, 4) is 28.3 Å². The summed E-state index contributed by atoms with van der Waals surface area (Å²) in [7, 11) is 0. The van der Waals surface area contributed by atoms with Gasteiger partial charge in [-0.05, 0) is 35.9 Å². The lowest BCUT2D eigenvalue weighted by Crippen LogP contribution is -2.21. The van der Waals surface area contributed by atoms with Gasteiger partial charge in [-0.2, -0.15) is 0 Å².